The van der Waals surface area contributed by atoms with Gasteiger partial charge in [0, 0.05) is 0 Å². The number of nitrogens with one attached hydrogen (secondary N) is 1. The third kappa shape index (κ3) is 2.53. The largest absolute Gasteiger partial charge is 0.368 e. The van der Waals surface area contributed by atoms with Crippen molar-refractivity contribution in [1.29, 1.82) is 0 Å². The van der Waals surface area contributed by atoms with Crippen molar-refractivity contribution in [3.05, 3.63) is 40.5 Å². The molecule has 0 aliphatic heterocycles. The monoisotopic (exact) mass is 324 g/mol. The van der Waals surface area contributed by atoms with E-state index >= 15 is 0 Å². The van der Waals surface area contributed by atoms with Crippen LogP contribution in [0.1, 0.15) is 0 Å². The summed E-state index contributed by atoms with van der Waals surface area (Å²) in [6.45, 7) is 0. The second-order valence-electron chi connectivity index (χ2n) is 4.03. The highest BCUT2D eigenvalue weighted by Gasteiger charge is 2.13. The van der Waals surface area contributed by atoms with Gasteiger partial charge >= 0.3 is 0 Å². The number of nitrogens with two attached hydrogens (primary N) is 1. The second-order valence-corrected chi connectivity index (χ2v) is 4.82. The lowest BCUT2D eigenvalue weighted by Crippen LogP contribution is -2.02. The first-order valence-electron chi connectivity index (χ1n) is 5.70. The highest BCUT2D eigenvalue weighted by molar-refractivity contribution is 6.42. The molecule has 0 radical (unpaired) electrons. The molecule has 106 valence electrons. The van der Waals surface area contributed by atoms with Gasteiger partial charge in [-0.25, -0.2) is 24.3 Å². The summed E-state index contributed by atoms with van der Waals surface area (Å²) in [5, 5.41) is 2.75. The Morgan fingerprint density at radius 2 is 1.95 bits per heavy atom. The van der Waals surface area contributed by atoms with Crippen molar-refractivity contribution < 1.29 is 4.39 Å². The number of aromatic nitrogens is 4. The molecule has 2 aromatic heterocycles. The van der Waals surface area contributed by atoms with Crippen molar-refractivity contribution in [1.82, 2.24) is 19.9 Å². The maximum atomic E-state index is 14.0. The third-order valence-corrected chi connectivity index (χ3v) is 3.47. The molecule has 0 saturated heterocycles. The average molecular weight is 325 g/mol. The lowest BCUT2D eigenvalue weighted by atomic mass is 10.3. The second kappa shape index (κ2) is 5.27. The molecule has 0 aliphatic rings. The van der Waals surface area contributed by atoms with E-state index in [1.165, 1.54) is 24.7 Å². The van der Waals surface area contributed by atoms with Crippen molar-refractivity contribution >= 4 is 51.7 Å². The Kier molecular flexibility index (Phi) is 3.44. The summed E-state index contributed by atoms with van der Waals surface area (Å²) in [7, 11) is 0. The van der Waals surface area contributed by atoms with Gasteiger partial charge in [0.1, 0.15) is 17.4 Å². The number of halogens is 3. The van der Waals surface area contributed by atoms with Crippen molar-refractivity contribution in [3.8, 4) is 0 Å². The number of hydrogen-bond acceptors (Lipinski definition) is 6. The van der Waals surface area contributed by atoms with Gasteiger partial charge in [-0.15, -0.1) is 0 Å². The minimum Gasteiger partial charge on any atom is -0.368 e. The van der Waals surface area contributed by atoms with Crippen LogP contribution in [0.4, 0.5) is 21.8 Å². The Morgan fingerprint density at radius 1 is 1.14 bits per heavy atom. The van der Waals surface area contributed by atoms with Gasteiger partial charge in [0.05, 0.1) is 21.9 Å². The molecule has 0 atom stereocenters. The smallest absolute Gasteiger partial charge is 0.220 e. The summed E-state index contributed by atoms with van der Waals surface area (Å²) < 4.78 is 14.0. The van der Waals surface area contributed by atoms with Crippen LogP contribution >= 0.6 is 23.2 Å². The first kappa shape index (κ1) is 13.7. The quantitative estimate of drug-likeness (QED) is 0.703. The van der Waals surface area contributed by atoms with Crippen molar-refractivity contribution in [2.75, 3.05) is 11.1 Å². The van der Waals surface area contributed by atoms with Crippen LogP contribution in [0.15, 0.2) is 24.7 Å². The van der Waals surface area contributed by atoms with Crippen molar-refractivity contribution in [2.24, 2.45) is 0 Å². The lowest BCUT2D eigenvalue weighted by Gasteiger charge is -2.10. The van der Waals surface area contributed by atoms with E-state index in [9.17, 15) is 4.39 Å². The number of hydrogen-bond donors (Lipinski definition) is 2. The Morgan fingerprint density at radius 3 is 2.76 bits per heavy atom. The lowest BCUT2D eigenvalue weighted by molar-refractivity contribution is 0.632. The minimum absolute atomic E-state index is 0.0648. The van der Waals surface area contributed by atoms with Crippen LogP contribution in [-0.2, 0) is 0 Å². The van der Waals surface area contributed by atoms with Crippen LogP contribution in [0, 0.1) is 5.82 Å². The molecule has 3 rings (SSSR count). The van der Waals surface area contributed by atoms with Gasteiger partial charge < -0.3 is 11.1 Å². The van der Waals surface area contributed by atoms with E-state index in [2.05, 4.69) is 25.3 Å². The summed E-state index contributed by atoms with van der Waals surface area (Å²) in [6.07, 6.45) is 2.76. The maximum absolute atomic E-state index is 14.0. The summed E-state index contributed by atoms with van der Waals surface area (Å²) >= 11 is 11.5. The van der Waals surface area contributed by atoms with Gasteiger partial charge in [-0.1, -0.05) is 23.2 Å². The van der Waals surface area contributed by atoms with Gasteiger partial charge in [-0.2, -0.15) is 0 Å². The Labute approximate surface area is 128 Å². The van der Waals surface area contributed by atoms with Crippen LogP contribution in [0.25, 0.3) is 11.0 Å². The van der Waals surface area contributed by atoms with Gasteiger partial charge in [0.15, 0.2) is 11.6 Å². The Balaban J connectivity index is 2.10. The first-order valence-corrected chi connectivity index (χ1v) is 6.45. The highest BCUT2D eigenvalue weighted by Crippen LogP contribution is 2.32. The molecule has 0 saturated carbocycles. The molecule has 0 fully saturated rings. The number of benzene rings is 1. The topological polar surface area (TPSA) is 89.6 Å². The summed E-state index contributed by atoms with van der Waals surface area (Å²) in [5.41, 5.74) is 6.50. The molecule has 3 N–H and O–H groups in total. The molecular formula is C12H7Cl2FN6. The van der Waals surface area contributed by atoms with Crippen LogP contribution < -0.4 is 11.1 Å². The van der Waals surface area contributed by atoms with E-state index < -0.39 is 5.82 Å². The van der Waals surface area contributed by atoms with Crippen LogP contribution in [0.2, 0.25) is 10.0 Å². The standard InChI is InChI=1S/C12H7Cl2FN6/c13-5-1-2-6(9(15)8(5)14)20-11-10-7(18-4-19-11)3-17-12(16)21-10/h1-4H,(H2,16,17,21)(H,18,19,20). The number of nitrogen functional groups attached to an aromatic ring is 1. The summed E-state index contributed by atoms with van der Waals surface area (Å²) in [5.74, 6) is -0.334. The van der Waals surface area contributed by atoms with E-state index in [0.29, 0.717) is 11.0 Å². The van der Waals surface area contributed by atoms with Crippen molar-refractivity contribution in [2.45, 2.75) is 0 Å². The molecule has 0 amide bonds. The predicted molar refractivity (Wildman–Crippen MR) is 79.2 cm³/mol. The fraction of sp³-hybridized carbons (Fsp3) is 0. The molecule has 1 aromatic carbocycles. The summed E-state index contributed by atoms with van der Waals surface area (Å²) in [4.78, 5) is 15.9. The van der Waals surface area contributed by atoms with Crippen molar-refractivity contribution in [3.63, 3.8) is 0 Å². The highest BCUT2D eigenvalue weighted by atomic mass is 35.5. The SMILES string of the molecule is Nc1ncc2ncnc(Nc3ccc(Cl)c(Cl)c3F)c2n1. The molecule has 0 spiro atoms. The van der Waals surface area contributed by atoms with Crippen LogP contribution in [-0.4, -0.2) is 19.9 Å². The fourth-order valence-corrected chi connectivity index (χ4v) is 2.02. The van der Waals surface area contributed by atoms with Crippen LogP contribution in [0.5, 0.6) is 0 Å². The maximum Gasteiger partial charge on any atom is 0.220 e. The molecule has 0 aliphatic carbocycles. The average Bonchev–Trinajstić information content (AvgIpc) is 2.48. The molecule has 2 heterocycles. The zero-order valence-corrected chi connectivity index (χ0v) is 11.8. The molecule has 0 unspecified atom stereocenters. The van der Waals surface area contributed by atoms with Gasteiger partial charge in [0.25, 0.3) is 0 Å². The van der Waals surface area contributed by atoms with E-state index in [4.69, 9.17) is 28.9 Å². The predicted octanol–water partition coefficient (Wildman–Crippen LogP) is 3.19. The van der Waals surface area contributed by atoms with Crippen LogP contribution in [0.3, 0.4) is 0 Å². The number of rotatable bonds is 2. The van der Waals surface area contributed by atoms with E-state index in [1.807, 2.05) is 0 Å². The van der Waals surface area contributed by atoms with Gasteiger partial charge in [-0.3, -0.25) is 0 Å². The molecule has 9 heteroatoms. The van der Waals surface area contributed by atoms with Gasteiger partial charge in [-0.05, 0) is 12.1 Å². The normalized spacial score (nSPS) is 10.8. The zero-order chi connectivity index (χ0) is 15.0. The molecule has 21 heavy (non-hydrogen) atoms. The molecular weight excluding hydrogens is 318 g/mol. The van der Waals surface area contributed by atoms with Gasteiger partial charge in [0.2, 0.25) is 5.95 Å². The molecule has 6 nitrogen and oxygen atoms in total. The number of nitrogens with zero attached hydrogens (tertiary/aromatic N) is 4. The fourth-order valence-electron chi connectivity index (χ4n) is 1.71. The molecule has 0 bridgehead atoms. The number of fused-ring (bicyclic) bond motifs is 1. The third-order valence-electron chi connectivity index (χ3n) is 2.68. The first-order chi connectivity index (χ1) is 10.1. The van der Waals surface area contributed by atoms with E-state index in [-0.39, 0.29) is 27.5 Å². The zero-order valence-electron chi connectivity index (χ0n) is 10.3. The Hall–Kier alpha value is -2.25. The summed E-state index contributed by atoms with van der Waals surface area (Å²) in [6, 6.07) is 2.92. The number of anilines is 3. The molecule has 3 aromatic rings. The Bertz CT molecular complexity index is 841. The van der Waals surface area contributed by atoms with E-state index in [1.54, 1.807) is 0 Å². The van der Waals surface area contributed by atoms with E-state index in [0.717, 1.165) is 0 Å². The minimum atomic E-state index is -0.682.